The topological polar surface area (TPSA) is 78.0 Å². The van der Waals surface area contributed by atoms with Gasteiger partial charge >= 0.3 is 0 Å². The number of carbonyl (C=O) groups is 1. The number of nitrogens with zero attached hydrogens (tertiary/aromatic N) is 4. The molecule has 9 nitrogen and oxygen atoms in total. The predicted molar refractivity (Wildman–Crippen MR) is 122 cm³/mol. The second-order valence-electron chi connectivity index (χ2n) is 8.70. The zero-order valence-electron chi connectivity index (χ0n) is 19.7. The van der Waals surface area contributed by atoms with E-state index in [0.717, 1.165) is 51.4 Å². The molecule has 1 unspecified atom stereocenters. The molecule has 1 amide bonds. The van der Waals surface area contributed by atoms with Gasteiger partial charge in [-0.15, -0.1) is 0 Å². The summed E-state index contributed by atoms with van der Waals surface area (Å²) in [6.45, 7) is 8.85. The van der Waals surface area contributed by atoms with Crippen LogP contribution in [-0.4, -0.2) is 130 Å². The maximum absolute atomic E-state index is 11.9. The van der Waals surface area contributed by atoms with Crippen LogP contribution in [0.25, 0.3) is 0 Å². The molecule has 0 aliphatic carbocycles. The lowest BCUT2D eigenvalue weighted by molar-refractivity contribution is -0.130. The Hall–Kier alpha value is -1.91. The lowest BCUT2D eigenvalue weighted by Crippen LogP contribution is -2.48. The normalized spacial score (nSPS) is 19.5. The second-order valence-corrected chi connectivity index (χ2v) is 8.70. The first kappa shape index (κ1) is 24.7. The van der Waals surface area contributed by atoms with Gasteiger partial charge in [0, 0.05) is 66.5 Å². The largest absolute Gasteiger partial charge is 0.493 e. The van der Waals surface area contributed by atoms with Crippen molar-refractivity contribution in [2.45, 2.75) is 12.6 Å². The minimum absolute atomic E-state index is 0.147. The number of rotatable bonds is 10. The van der Waals surface area contributed by atoms with E-state index in [9.17, 15) is 9.90 Å². The highest BCUT2D eigenvalue weighted by Gasteiger charge is 2.20. The lowest BCUT2D eigenvalue weighted by Gasteiger charge is -2.34. The standard InChI is InChI=1S/C23H38N4O5/c1-24(2)23(29)17-26-8-6-25(7-9-26)15-19-4-5-21(22(14-19)30-3)32-18-20(28)16-27-10-12-31-13-11-27/h4-5,14,20,28H,6-13,15-18H2,1-3H3. The molecule has 1 aromatic rings. The van der Waals surface area contributed by atoms with E-state index in [0.29, 0.717) is 37.8 Å². The van der Waals surface area contributed by atoms with Crippen LogP contribution < -0.4 is 9.47 Å². The van der Waals surface area contributed by atoms with Crippen LogP contribution in [0.15, 0.2) is 18.2 Å². The predicted octanol–water partition coefficient (Wildman–Crippen LogP) is -0.0271. The highest BCUT2D eigenvalue weighted by atomic mass is 16.5. The van der Waals surface area contributed by atoms with Crippen LogP contribution in [0, 0.1) is 0 Å². The summed E-state index contributed by atoms with van der Waals surface area (Å²) in [6, 6.07) is 5.97. The highest BCUT2D eigenvalue weighted by Crippen LogP contribution is 2.29. The fourth-order valence-electron chi connectivity index (χ4n) is 3.95. The number of hydrogen-bond donors (Lipinski definition) is 1. The number of benzene rings is 1. The van der Waals surface area contributed by atoms with Gasteiger partial charge in [-0.05, 0) is 17.7 Å². The van der Waals surface area contributed by atoms with Crippen molar-refractivity contribution in [2.24, 2.45) is 0 Å². The Morgan fingerprint density at radius 3 is 2.41 bits per heavy atom. The minimum Gasteiger partial charge on any atom is -0.493 e. The maximum atomic E-state index is 11.9. The van der Waals surface area contributed by atoms with Crippen LogP contribution in [0.3, 0.4) is 0 Å². The Labute approximate surface area is 191 Å². The Kier molecular flexibility index (Phi) is 9.55. The summed E-state index contributed by atoms with van der Waals surface area (Å²) in [5, 5.41) is 10.3. The van der Waals surface area contributed by atoms with Gasteiger partial charge in [-0.1, -0.05) is 6.07 Å². The molecule has 9 heteroatoms. The number of carbonyl (C=O) groups excluding carboxylic acids is 1. The molecule has 2 aliphatic heterocycles. The zero-order chi connectivity index (χ0) is 22.9. The number of aliphatic hydroxyl groups is 1. The van der Waals surface area contributed by atoms with E-state index in [1.807, 2.05) is 18.2 Å². The van der Waals surface area contributed by atoms with Gasteiger partial charge < -0.3 is 24.2 Å². The van der Waals surface area contributed by atoms with E-state index in [1.165, 1.54) is 0 Å². The highest BCUT2D eigenvalue weighted by molar-refractivity contribution is 5.77. The van der Waals surface area contributed by atoms with Crippen LogP contribution in [0.4, 0.5) is 0 Å². The summed E-state index contributed by atoms with van der Waals surface area (Å²) in [5.41, 5.74) is 1.15. The van der Waals surface area contributed by atoms with Gasteiger partial charge in [-0.2, -0.15) is 0 Å². The second kappa shape index (κ2) is 12.4. The monoisotopic (exact) mass is 450 g/mol. The average molecular weight is 451 g/mol. The summed E-state index contributed by atoms with van der Waals surface area (Å²) in [6.07, 6.45) is -0.562. The van der Waals surface area contributed by atoms with Crippen molar-refractivity contribution >= 4 is 5.91 Å². The number of methoxy groups -OCH3 is 1. The molecule has 2 heterocycles. The number of likely N-dealkylation sites (N-methyl/N-ethyl adjacent to an activating group) is 1. The summed E-state index contributed by atoms with van der Waals surface area (Å²) < 4.78 is 16.7. The van der Waals surface area contributed by atoms with Gasteiger partial charge in [0.15, 0.2) is 11.5 Å². The van der Waals surface area contributed by atoms with Gasteiger partial charge in [0.2, 0.25) is 5.91 Å². The van der Waals surface area contributed by atoms with Crippen molar-refractivity contribution in [3.8, 4) is 11.5 Å². The molecular formula is C23H38N4O5. The average Bonchev–Trinajstić information content (AvgIpc) is 2.80. The van der Waals surface area contributed by atoms with E-state index >= 15 is 0 Å². The van der Waals surface area contributed by atoms with Gasteiger partial charge in [0.1, 0.15) is 12.7 Å². The Morgan fingerprint density at radius 2 is 1.75 bits per heavy atom. The van der Waals surface area contributed by atoms with E-state index in [4.69, 9.17) is 14.2 Å². The molecule has 32 heavy (non-hydrogen) atoms. The fraction of sp³-hybridized carbons (Fsp3) is 0.696. The van der Waals surface area contributed by atoms with Crippen molar-refractivity contribution in [3.63, 3.8) is 0 Å². The maximum Gasteiger partial charge on any atom is 0.236 e. The quantitative estimate of drug-likeness (QED) is 0.533. The molecular weight excluding hydrogens is 412 g/mol. The molecule has 1 aromatic carbocycles. The van der Waals surface area contributed by atoms with Crippen LogP contribution >= 0.6 is 0 Å². The first-order valence-corrected chi connectivity index (χ1v) is 11.4. The third kappa shape index (κ3) is 7.60. The number of morpholine rings is 1. The van der Waals surface area contributed by atoms with Gasteiger partial charge in [-0.3, -0.25) is 19.5 Å². The molecule has 180 valence electrons. The summed E-state index contributed by atoms with van der Waals surface area (Å²) >= 11 is 0. The van der Waals surface area contributed by atoms with Crippen LogP contribution in [0.2, 0.25) is 0 Å². The molecule has 0 saturated carbocycles. The molecule has 2 aliphatic rings. The third-order valence-corrected chi connectivity index (χ3v) is 5.96. The molecule has 1 N–H and O–H groups in total. The Morgan fingerprint density at radius 1 is 1.06 bits per heavy atom. The van der Waals surface area contributed by atoms with Gasteiger partial charge in [-0.25, -0.2) is 0 Å². The first-order chi connectivity index (χ1) is 15.4. The Bertz CT molecular complexity index is 718. The molecule has 0 bridgehead atoms. The van der Waals surface area contributed by atoms with Crippen molar-refractivity contribution < 1.29 is 24.1 Å². The smallest absolute Gasteiger partial charge is 0.236 e. The SMILES string of the molecule is COc1cc(CN2CCN(CC(=O)N(C)C)CC2)ccc1OCC(O)CN1CCOCC1. The Balaban J connectivity index is 1.45. The third-order valence-electron chi connectivity index (χ3n) is 5.96. The number of ether oxygens (including phenoxy) is 3. The number of piperazine rings is 1. The van der Waals surface area contributed by atoms with E-state index in [1.54, 1.807) is 26.1 Å². The van der Waals surface area contributed by atoms with Crippen LogP contribution in [0.1, 0.15) is 5.56 Å². The van der Waals surface area contributed by atoms with E-state index in [2.05, 4.69) is 14.7 Å². The van der Waals surface area contributed by atoms with E-state index < -0.39 is 6.10 Å². The molecule has 2 saturated heterocycles. The van der Waals surface area contributed by atoms with Crippen molar-refractivity contribution in [1.82, 2.24) is 19.6 Å². The molecule has 0 aromatic heterocycles. The molecule has 0 spiro atoms. The molecule has 1 atom stereocenters. The zero-order valence-corrected chi connectivity index (χ0v) is 19.7. The van der Waals surface area contributed by atoms with Gasteiger partial charge in [0.25, 0.3) is 0 Å². The molecule has 0 radical (unpaired) electrons. The van der Waals surface area contributed by atoms with Crippen molar-refractivity contribution in [2.75, 3.05) is 93.4 Å². The summed E-state index contributed by atoms with van der Waals surface area (Å²) in [4.78, 5) is 20.3. The first-order valence-electron chi connectivity index (χ1n) is 11.4. The number of amides is 1. The number of β-amino-alcohol motifs (C(OH)–C–C–N with tert-alkyl or cyclic N) is 1. The van der Waals surface area contributed by atoms with Gasteiger partial charge in [0.05, 0.1) is 26.9 Å². The molecule has 3 rings (SSSR count). The summed E-state index contributed by atoms with van der Waals surface area (Å²) in [5.74, 6) is 1.47. The minimum atomic E-state index is -0.562. The number of aliphatic hydroxyl groups excluding tert-OH is 1. The lowest BCUT2D eigenvalue weighted by atomic mass is 10.1. The van der Waals surface area contributed by atoms with Crippen molar-refractivity contribution in [3.05, 3.63) is 23.8 Å². The number of hydrogen-bond acceptors (Lipinski definition) is 8. The van der Waals surface area contributed by atoms with E-state index in [-0.39, 0.29) is 12.5 Å². The summed E-state index contributed by atoms with van der Waals surface area (Å²) in [7, 11) is 5.23. The van der Waals surface area contributed by atoms with Crippen molar-refractivity contribution in [1.29, 1.82) is 0 Å². The fourth-order valence-corrected chi connectivity index (χ4v) is 3.95. The van der Waals surface area contributed by atoms with Crippen LogP contribution in [-0.2, 0) is 16.1 Å². The molecule has 2 fully saturated rings. The van der Waals surface area contributed by atoms with Crippen LogP contribution in [0.5, 0.6) is 11.5 Å².